The zero-order chi connectivity index (χ0) is 27.4. The van der Waals surface area contributed by atoms with Gasteiger partial charge < -0.3 is 14.2 Å². The standard InChI is InChI=1S/C29H34ClN7O3/c1-16-9-11-18(12-10-16)17(2)37-24-23(19-5-3-6-20(30)15-19)31-26(27-34-29(38)40-35-27)32-25(24)33-28(37)36-13-14-39-22-8-4-7-21(22)36/h3,5-6,15-18,21-22H,4,7-14H2,1-2H3,(H,34,35,38). The van der Waals surface area contributed by atoms with Crippen molar-refractivity contribution in [2.24, 2.45) is 11.8 Å². The number of ether oxygens (including phenoxy) is 1. The number of nitrogens with one attached hydrogen (secondary N) is 1. The molecule has 0 radical (unpaired) electrons. The fourth-order valence-corrected chi connectivity index (χ4v) is 7.19. The van der Waals surface area contributed by atoms with Gasteiger partial charge in [0.15, 0.2) is 5.65 Å². The van der Waals surface area contributed by atoms with Gasteiger partial charge in [-0.2, -0.15) is 4.98 Å². The predicted octanol–water partition coefficient (Wildman–Crippen LogP) is 5.64. The van der Waals surface area contributed by atoms with Crippen molar-refractivity contribution in [1.82, 2.24) is 29.7 Å². The molecule has 0 amide bonds. The third kappa shape index (κ3) is 4.51. The van der Waals surface area contributed by atoms with E-state index in [1.165, 1.54) is 25.7 Å². The van der Waals surface area contributed by atoms with Gasteiger partial charge in [0.05, 0.1) is 18.8 Å². The summed E-state index contributed by atoms with van der Waals surface area (Å²) in [6, 6.07) is 8.15. The first kappa shape index (κ1) is 25.7. The Hall–Kier alpha value is -3.24. The highest BCUT2D eigenvalue weighted by Crippen LogP contribution is 2.43. The van der Waals surface area contributed by atoms with Crippen LogP contribution in [0.2, 0.25) is 5.02 Å². The molecule has 4 aromatic rings. The van der Waals surface area contributed by atoms with Crippen LogP contribution in [0.3, 0.4) is 0 Å². The fraction of sp³-hybridized carbons (Fsp3) is 0.552. The van der Waals surface area contributed by atoms with Crippen molar-refractivity contribution in [2.45, 2.75) is 77.0 Å². The van der Waals surface area contributed by atoms with Gasteiger partial charge in [0.25, 0.3) is 0 Å². The number of aromatic amines is 1. The van der Waals surface area contributed by atoms with Crippen LogP contribution in [-0.2, 0) is 4.74 Å². The molecule has 1 N–H and O–H groups in total. The number of imidazole rings is 1. The summed E-state index contributed by atoms with van der Waals surface area (Å²) in [5, 5.41) is 4.48. The van der Waals surface area contributed by atoms with Gasteiger partial charge in [0.2, 0.25) is 17.6 Å². The first-order valence-corrected chi connectivity index (χ1v) is 14.8. The Balaban J connectivity index is 1.47. The lowest BCUT2D eigenvalue weighted by Crippen LogP contribution is -2.50. The molecule has 1 aliphatic heterocycles. The van der Waals surface area contributed by atoms with Crippen molar-refractivity contribution in [1.29, 1.82) is 0 Å². The maximum atomic E-state index is 11.8. The summed E-state index contributed by atoms with van der Waals surface area (Å²) in [6.07, 6.45) is 8.38. The molecule has 4 heterocycles. The highest BCUT2D eigenvalue weighted by Gasteiger charge is 2.40. The lowest BCUT2D eigenvalue weighted by molar-refractivity contribution is 0.0245. The Morgan fingerprint density at radius 2 is 1.95 bits per heavy atom. The van der Waals surface area contributed by atoms with Crippen molar-refractivity contribution in [3.05, 3.63) is 39.8 Å². The van der Waals surface area contributed by atoms with E-state index in [-0.39, 0.29) is 29.8 Å². The molecule has 40 heavy (non-hydrogen) atoms. The second-order valence-electron chi connectivity index (χ2n) is 11.7. The maximum Gasteiger partial charge on any atom is 0.439 e. The van der Waals surface area contributed by atoms with Crippen molar-refractivity contribution in [2.75, 3.05) is 18.1 Å². The second kappa shape index (κ2) is 10.3. The number of anilines is 1. The molecule has 3 fully saturated rings. The summed E-state index contributed by atoms with van der Waals surface area (Å²) in [5.41, 5.74) is 3.00. The number of hydrogen-bond donors (Lipinski definition) is 1. The minimum atomic E-state index is -0.657. The molecule has 10 nitrogen and oxygen atoms in total. The summed E-state index contributed by atoms with van der Waals surface area (Å²) < 4.78 is 13.3. The third-order valence-corrected chi connectivity index (χ3v) is 9.40. The molecular formula is C29H34ClN7O3. The number of hydrogen-bond acceptors (Lipinski definition) is 8. The minimum Gasteiger partial charge on any atom is -0.374 e. The summed E-state index contributed by atoms with van der Waals surface area (Å²) in [6.45, 7) is 6.14. The zero-order valence-corrected chi connectivity index (χ0v) is 23.6. The van der Waals surface area contributed by atoms with Crippen LogP contribution in [0.15, 0.2) is 33.6 Å². The molecule has 2 aliphatic carbocycles. The number of H-pyrrole nitrogens is 1. The number of halogens is 1. The maximum absolute atomic E-state index is 11.8. The molecule has 3 aliphatic rings. The molecule has 3 unspecified atom stereocenters. The molecule has 3 aromatic heterocycles. The predicted molar refractivity (Wildman–Crippen MR) is 152 cm³/mol. The summed E-state index contributed by atoms with van der Waals surface area (Å²) in [7, 11) is 0. The average molecular weight is 564 g/mol. The van der Waals surface area contributed by atoms with Gasteiger partial charge in [0.1, 0.15) is 11.2 Å². The van der Waals surface area contributed by atoms with Gasteiger partial charge in [0, 0.05) is 23.2 Å². The lowest BCUT2D eigenvalue weighted by atomic mass is 9.79. The zero-order valence-electron chi connectivity index (χ0n) is 22.8. The van der Waals surface area contributed by atoms with E-state index in [0.717, 1.165) is 48.8 Å². The van der Waals surface area contributed by atoms with E-state index < -0.39 is 5.76 Å². The molecule has 3 atom stereocenters. The first-order chi connectivity index (χ1) is 19.5. The fourth-order valence-electron chi connectivity index (χ4n) is 7.00. The van der Waals surface area contributed by atoms with Crippen LogP contribution < -0.4 is 10.7 Å². The van der Waals surface area contributed by atoms with Gasteiger partial charge >= 0.3 is 5.76 Å². The topological polar surface area (TPSA) is 115 Å². The van der Waals surface area contributed by atoms with Crippen molar-refractivity contribution in [3.63, 3.8) is 0 Å². The average Bonchev–Trinajstić information content (AvgIpc) is 3.70. The Labute approximate surface area is 237 Å². The van der Waals surface area contributed by atoms with Crippen LogP contribution in [0.25, 0.3) is 34.1 Å². The van der Waals surface area contributed by atoms with E-state index in [4.69, 9.17) is 35.8 Å². The minimum absolute atomic E-state index is 0.169. The molecule has 1 saturated heterocycles. The van der Waals surface area contributed by atoms with Crippen molar-refractivity contribution >= 4 is 28.7 Å². The number of fused-ring (bicyclic) bond motifs is 2. The lowest BCUT2D eigenvalue weighted by Gasteiger charge is -2.40. The summed E-state index contributed by atoms with van der Waals surface area (Å²) in [5.74, 6) is 1.97. The molecule has 7 rings (SSSR count). The quantitative estimate of drug-likeness (QED) is 0.332. The number of nitrogens with zero attached hydrogens (tertiary/aromatic N) is 6. The Kier molecular flexibility index (Phi) is 6.62. The van der Waals surface area contributed by atoms with Gasteiger partial charge in [-0.25, -0.2) is 14.8 Å². The van der Waals surface area contributed by atoms with Crippen LogP contribution in [0, 0.1) is 11.8 Å². The van der Waals surface area contributed by atoms with E-state index in [0.29, 0.717) is 28.9 Å². The van der Waals surface area contributed by atoms with Crippen LogP contribution in [0.4, 0.5) is 5.95 Å². The van der Waals surface area contributed by atoms with Crippen LogP contribution in [0.5, 0.6) is 0 Å². The second-order valence-corrected chi connectivity index (χ2v) is 12.1. The van der Waals surface area contributed by atoms with E-state index in [1.54, 1.807) is 0 Å². The number of rotatable bonds is 5. The number of benzene rings is 1. The van der Waals surface area contributed by atoms with E-state index in [2.05, 4.69) is 33.5 Å². The SMILES string of the molecule is CC1CCC(C(C)n2c(N3CCOC4CCCC43)nc3nc(-c4noc(=O)[nH]4)nc(-c4cccc(Cl)c4)c32)CC1. The smallest absolute Gasteiger partial charge is 0.374 e. The van der Waals surface area contributed by atoms with E-state index in [9.17, 15) is 4.79 Å². The molecule has 0 bridgehead atoms. The van der Waals surface area contributed by atoms with E-state index in [1.807, 2.05) is 24.3 Å². The van der Waals surface area contributed by atoms with Gasteiger partial charge in [-0.15, -0.1) is 0 Å². The molecule has 0 spiro atoms. The van der Waals surface area contributed by atoms with Crippen LogP contribution >= 0.6 is 11.6 Å². The van der Waals surface area contributed by atoms with Crippen LogP contribution in [-0.4, -0.2) is 55.0 Å². The molecular weight excluding hydrogens is 530 g/mol. The molecule has 2 saturated carbocycles. The van der Waals surface area contributed by atoms with Gasteiger partial charge in [-0.1, -0.05) is 48.7 Å². The van der Waals surface area contributed by atoms with Gasteiger partial charge in [-0.3, -0.25) is 9.51 Å². The van der Waals surface area contributed by atoms with Crippen molar-refractivity contribution < 1.29 is 9.26 Å². The molecule has 11 heteroatoms. The highest BCUT2D eigenvalue weighted by atomic mass is 35.5. The first-order valence-electron chi connectivity index (χ1n) is 14.5. The van der Waals surface area contributed by atoms with Crippen molar-refractivity contribution in [3.8, 4) is 22.9 Å². The summed E-state index contributed by atoms with van der Waals surface area (Å²) in [4.78, 5) is 31.9. The molecule has 1 aromatic carbocycles. The Morgan fingerprint density at radius 1 is 1.10 bits per heavy atom. The highest BCUT2D eigenvalue weighted by molar-refractivity contribution is 6.30. The third-order valence-electron chi connectivity index (χ3n) is 9.17. The normalized spacial score (nSPS) is 25.8. The number of morpholine rings is 1. The largest absolute Gasteiger partial charge is 0.439 e. The Bertz CT molecular complexity index is 1590. The van der Waals surface area contributed by atoms with Crippen LogP contribution in [0.1, 0.15) is 64.8 Å². The summed E-state index contributed by atoms with van der Waals surface area (Å²) >= 11 is 6.47. The Morgan fingerprint density at radius 3 is 2.73 bits per heavy atom. The van der Waals surface area contributed by atoms with Gasteiger partial charge in [-0.05, 0) is 63.0 Å². The van der Waals surface area contributed by atoms with E-state index >= 15 is 0 Å². The number of aromatic nitrogens is 6. The molecule has 210 valence electrons. The monoisotopic (exact) mass is 563 g/mol.